The molecule has 3 aliphatic rings. The standard InChI is InChI=1S/C26H40N6O6S/c1-18(2)31-23-6-4-5-7-24(23)32(26(31)35)38-25(34)27-19-14-20-8-9-21(15-19)30(20)17-22(33)16-28-10-12-29(13-11-28)39(3,36)37/h4-7,18-22,33H,8-17H2,1-3H3,(H,27,34)/t19-,20-,21+,22-/m1/s1. The second-order valence-electron chi connectivity index (χ2n) is 11.4. The summed E-state index contributed by atoms with van der Waals surface area (Å²) in [7, 11) is -3.17. The first-order valence-electron chi connectivity index (χ1n) is 13.8. The van der Waals surface area contributed by atoms with E-state index in [0.29, 0.717) is 50.3 Å². The van der Waals surface area contributed by atoms with Crippen LogP contribution in [0.5, 0.6) is 0 Å². The number of aliphatic hydroxyl groups is 1. The summed E-state index contributed by atoms with van der Waals surface area (Å²) in [6.45, 7) is 7.04. The molecule has 0 spiro atoms. The van der Waals surface area contributed by atoms with E-state index in [1.807, 2.05) is 32.0 Å². The van der Waals surface area contributed by atoms with Gasteiger partial charge in [0.15, 0.2) is 0 Å². The zero-order valence-electron chi connectivity index (χ0n) is 22.9. The number of nitrogens with zero attached hydrogens (tertiary/aromatic N) is 5. The van der Waals surface area contributed by atoms with Gasteiger partial charge in [-0.25, -0.2) is 18.0 Å². The Kier molecular flexibility index (Phi) is 8.07. The zero-order valence-corrected chi connectivity index (χ0v) is 23.7. The van der Waals surface area contributed by atoms with Crippen LogP contribution >= 0.6 is 0 Å². The number of hydrogen-bond donors (Lipinski definition) is 2. The second-order valence-corrected chi connectivity index (χ2v) is 13.4. The fourth-order valence-corrected chi connectivity index (χ4v) is 7.37. The molecule has 3 fully saturated rings. The van der Waals surface area contributed by atoms with Gasteiger partial charge in [-0.05, 0) is 51.7 Å². The summed E-state index contributed by atoms with van der Waals surface area (Å²) in [5.74, 6) is 0. The summed E-state index contributed by atoms with van der Waals surface area (Å²) in [5, 5.41) is 13.8. The average Bonchev–Trinajstić information content (AvgIpc) is 3.26. The number of hydrogen-bond acceptors (Lipinski definition) is 8. The van der Waals surface area contributed by atoms with Crippen LogP contribution in [-0.4, -0.2) is 113 Å². The molecule has 1 aromatic carbocycles. The minimum atomic E-state index is -3.17. The third-order valence-electron chi connectivity index (χ3n) is 8.33. The number of fused-ring (bicyclic) bond motifs is 3. The van der Waals surface area contributed by atoms with Crippen molar-refractivity contribution in [2.24, 2.45) is 0 Å². The van der Waals surface area contributed by atoms with Gasteiger partial charge in [-0.2, -0.15) is 4.31 Å². The number of amides is 1. The molecule has 0 aliphatic carbocycles. The first kappa shape index (κ1) is 28.1. The average molecular weight is 565 g/mol. The smallest absolute Gasteiger partial charge is 0.390 e. The van der Waals surface area contributed by atoms with Crippen LogP contribution in [0, 0.1) is 0 Å². The van der Waals surface area contributed by atoms with Gasteiger partial charge in [0.2, 0.25) is 10.0 Å². The van der Waals surface area contributed by atoms with Crippen LogP contribution in [0.4, 0.5) is 4.79 Å². The van der Waals surface area contributed by atoms with E-state index < -0.39 is 22.2 Å². The van der Waals surface area contributed by atoms with Gasteiger partial charge in [0.1, 0.15) is 5.52 Å². The van der Waals surface area contributed by atoms with E-state index in [2.05, 4.69) is 15.1 Å². The van der Waals surface area contributed by atoms with Crippen molar-refractivity contribution in [1.29, 1.82) is 0 Å². The molecule has 3 saturated heterocycles. The van der Waals surface area contributed by atoms with Gasteiger partial charge >= 0.3 is 11.8 Å². The highest BCUT2D eigenvalue weighted by atomic mass is 32.2. The Morgan fingerprint density at radius 3 is 2.26 bits per heavy atom. The van der Waals surface area contributed by atoms with Crippen molar-refractivity contribution in [2.75, 3.05) is 45.5 Å². The number of piperazine rings is 1. The number of nitrogens with one attached hydrogen (secondary N) is 1. The number of carbonyl (C=O) groups excluding carboxylic acids is 1. The molecule has 1 aromatic heterocycles. The van der Waals surface area contributed by atoms with Crippen LogP contribution in [0.3, 0.4) is 0 Å². The Labute approximate surface area is 229 Å². The molecule has 0 radical (unpaired) electrons. The Bertz CT molecular complexity index is 1330. The third kappa shape index (κ3) is 6.02. The van der Waals surface area contributed by atoms with Gasteiger partial charge in [-0.1, -0.05) is 12.1 Å². The number of aromatic nitrogens is 2. The topological polar surface area (TPSA) is 129 Å². The molecular formula is C26H40N6O6S. The second kappa shape index (κ2) is 11.2. The van der Waals surface area contributed by atoms with E-state index in [4.69, 9.17) is 4.84 Å². The number of imidazole rings is 1. The summed E-state index contributed by atoms with van der Waals surface area (Å²) >= 11 is 0. The van der Waals surface area contributed by atoms with Crippen LogP contribution in [0.25, 0.3) is 11.0 Å². The quantitative estimate of drug-likeness (QED) is 0.473. The normalized spacial score (nSPS) is 25.8. The Balaban J connectivity index is 1.14. The van der Waals surface area contributed by atoms with Crippen molar-refractivity contribution < 1.29 is 23.2 Å². The van der Waals surface area contributed by atoms with Crippen LogP contribution in [0.15, 0.2) is 29.1 Å². The highest BCUT2D eigenvalue weighted by molar-refractivity contribution is 7.88. The molecule has 2 bridgehead atoms. The predicted octanol–water partition coefficient (Wildman–Crippen LogP) is 0.456. The van der Waals surface area contributed by atoms with Gasteiger partial charge in [0, 0.05) is 63.4 Å². The largest absolute Gasteiger partial charge is 0.432 e. The van der Waals surface area contributed by atoms with Crippen LogP contribution in [0.1, 0.15) is 45.6 Å². The molecule has 0 saturated carbocycles. The summed E-state index contributed by atoms with van der Waals surface area (Å²) < 4.78 is 27.6. The van der Waals surface area contributed by atoms with Crippen LogP contribution in [0.2, 0.25) is 0 Å². The van der Waals surface area contributed by atoms with Gasteiger partial charge in [0.25, 0.3) is 0 Å². The molecule has 4 atom stereocenters. The van der Waals surface area contributed by atoms with E-state index in [-0.39, 0.29) is 29.9 Å². The van der Waals surface area contributed by atoms with Crippen LogP contribution in [-0.2, 0) is 10.0 Å². The number of rotatable bonds is 8. The van der Waals surface area contributed by atoms with E-state index in [0.717, 1.165) is 30.4 Å². The molecular weight excluding hydrogens is 524 g/mol. The number of β-amino-alcohol motifs (C(OH)–C–C–N with tert-alkyl or cyclic N) is 1. The first-order chi connectivity index (χ1) is 18.5. The Hall–Kier alpha value is -2.45. The number of benzene rings is 1. The highest BCUT2D eigenvalue weighted by Gasteiger charge is 2.42. The maximum absolute atomic E-state index is 13.0. The van der Waals surface area contributed by atoms with E-state index in [1.165, 1.54) is 10.6 Å². The maximum Gasteiger partial charge on any atom is 0.432 e. The number of piperidine rings is 1. The fourth-order valence-electron chi connectivity index (χ4n) is 6.54. The van der Waals surface area contributed by atoms with Crippen molar-refractivity contribution >= 4 is 27.1 Å². The van der Waals surface area contributed by atoms with E-state index in [9.17, 15) is 23.1 Å². The van der Waals surface area contributed by atoms with Crippen molar-refractivity contribution in [1.82, 2.24) is 28.7 Å². The molecule has 1 amide bonds. The molecule has 3 aliphatic heterocycles. The van der Waals surface area contributed by atoms with Crippen molar-refractivity contribution in [3.05, 3.63) is 34.7 Å². The van der Waals surface area contributed by atoms with Gasteiger partial charge < -0.3 is 15.3 Å². The lowest BCUT2D eigenvalue weighted by molar-refractivity contribution is 0.0272. The zero-order chi connectivity index (χ0) is 27.9. The molecule has 13 heteroatoms. The van der Waals surface area contributed by atoms with Crippen molar-refractivity contribution in [3.63, 3.8) is 0 Å². The number of sulfonamides is 1. The number of aliphatic hydroxyl groups excluding tert-OH is 1. The van der Waals surface area contributed by atoms with Crippen LogP contribution < -0.4 is 15.8 Å². The van der Waals surface area contributed by atoms with E-state index in [1.54, 1.807) is 10.6 Å². The first-order valence-corrected chi connectivity index (χ1v) is 15.7. The summed E-state index contributed by atoms with van der Waals surface area (Å²) in [4.78, 5) is 35.8. The molecule has 216 valence electrons. The highest BCUT2D eigenvalue weighted by Crippen LogP contribution is 2.35. The molecule has 2 aromatic rings. The minimum absolute atomic E-state index is 0.0680. The van der Waals surface area contributed by atoms with Gasteiger partial charge in [-0.3, -0.25) is 14.4 Å². The summed E-state index contributed by atoms with van der Waals surface area (Å²) in [6, 6.07) is 7.63. The maximum atomic E-state index is 13.0. The summed E-state index contributed by atoms with van der Waals surface area (Å²) in [6.07, 6.45) is 3.60. The number of carbonyl (C=O) groups is 1. The lowest BCUT2D eigenvalue weighted by atomic mass is 9.97. The van der Waals surface area contributed by atoms with E-state index >= 15 is 0 Å². The Morgan fingerprint density at radius 2 is 1.67 bits per heavy atom. The third-order valence-corrected chi connectivity index (χ3v) is 9.63. The monoisotopic (exact) mass is 564 g/mol. The molecule has 2 N–H and O–H groups in total. The summed E-state index contributed by atoms with van der Waals surface area (Å²) in [5.41, 5.74) is 0.878. The molecule has 5 rings (SSSR count). The number of para-hydroxylation sites is 2. The molecule has 4 heterocycles. The van der Waals surface area contributed by atoms with Crippen molar-refractivity contribution in [3.8, 4) is 0 Å². The fraction of sp³-hybridized carbons (Fsp3) is 0.692. The van der Waals surface area contributed by atoms with Gasteiger partial charge in [0.05, 0.1) is 17.9 Å². The lowest BCUT2D eigenvalue weighted by Crippen LogP contribution is -2.55. The molecule has 39 heavy (non-hydrogen) atoms. The minimum Gasteiger partial charge on any atom is -0.390 e. The molecule has 12 nitrogen and oxygen atoms in total. The molecule has 0 unspecified atom stereocenters. The predicted molar refractivity (Wildman–Crippen MR) is 147 cm³/mol. The van der Waals surface area contributed by atoms with Gasteiger partial charge in [-0.15, -0.1) is 4.73 Å². The van der Waals surface area contributed by atoms with Crippen molar-refractivity contribution in [2.45, 2.75) is 69.8 Å². The SMILES string of the molecule is CC(C)n1c(=O)n(OC(=O)N[C@@H]2C[C@H]3CC[C@@H](C2)N3C[C@H](O)CN2CCN(S(C)(=O)=O)CC2)c2ccccc21. The lowest BCUT2D eigenvalue weighted by Gasteiger charge is -2.41. The Morgan fingerprint density at radius 1 is 1.05 bits per heavy atom.